The van der Waals surface area contributed by atoms with Crippen LogP contribution in [0, 0.1) is 17.6 Å². The van der Waals surface area contributed by atoms with Crippen LogP contribution in [0.15, 0.2) is 30.6 Å². The molecule has 9 heteroatoms. The summed E-state index contributed by atoms with van der Waals surface area (Å²) in [6.07, 6.45) is 2.31. The van der Waals surface area contributed by atoms with Gasteiger partial charge in [0.15, 0.2) is 11.6 Å². The van der Waals surface area contributed by atoms with Crippen LogP contribution in [0.2, 0.25) is 0 Å². The Morgan fingerprint density at radius 1 is 1.44 bits per heavy atom. The molecule has 0 spiro atoms. The first-order chi connectivity index (χ1) is 12.1. The van der Waals surface area contributed by atoms with Gasteiger partial charge in [-0.15, -0.1) is 0 Å². The number of carbonyl (C=O) groups is 1. The predicted octanol–water partition coefficient (Wildman–Crippen LogP) is 2.20. The van der Waals surface area contributed by atoms with Crippen LogP contribution < -0.4 is 10.1 Å². The van der Waals surface area contributed by atoms with Gasteiger partial charge in [0, 0.05) is 31.0 Å². The fraction of sp³-hybridized carbons (Fsp3) is 0.375. The van der Waals surface area contributed by atoms with Crippen molar-refractivity contribution >= 4 is 6.09 Å². The van der Waals surface area contributed by atoms with Crippen LogP contribution in [0.25, 0.3) is 5.69 Å². The molecule has 1 aromatic carbocycles. The van der Waals surface area contributed by atoms with Crippen molar-refractivity contribution in [1.82, 2.24) is 15.1 Å². The van der Waals surface area contributed by atoms with Crippen LogP contribution in [0.5, 0.6) is 5.75 Å². The molecule has 1 fully saturated rings. The van der Waals surface area contributed by atoms with E-state index in [0.717, 1.165) is 0 Å². The van der Waals surface area contributed by atoms with Crippen molar-refractivity contribution in [3.8, 4) is 11.4 Å². The molecular weight excluding hydrogens is 336 g/mol. The summed E-state index contributed by atoms with van der Waals surface area (Å²) in [5, 5.41) is 15.1. The molecule has 1 aromatic heterocycles. The SMILES string of the molecule is O=C(O)N[C@H]1CCOC[C@@H]1COc1ccc(-n2cccn2)c(F)c1F. The normalized spacial score (nSPS) is 20.2. The van der Waals surface area contributed by atoms with Crippen molar-refractivity contribution in [3.05, 3.63) is 42.2 Å². The van der Waals surface area contributed by atoms with Crippen molar-refractivity contribution in [1.29, 1.82) is 0 Å². The highest BCUT2D eigenvalue weighted by Crippen LogP contribution is 2.26. The van der Waals surface area contributed by atoms with Gasteiger partial charge in [0.05, 0.1) is 13.2 Å². The van der Waals surface area contributed by atoms with E-state index < -0.39 is 17.7 Å². The van der Waals surface area contributed by atoms with E-state index in [0.29, 0.717) is 13.0 Å². The van der Waals surface area contributed by atoms with E-state index in [2.05, 4.69) is 10.4 Å². The molecule has 0 radical (unpaired) electrons. The van der Waals surface area contributed by atoms with Gasteiger partial charge in [-0.05, 0) is 24.6 Å². The lowest BCUT2D eigenvalue weighted by molar-refractivity contribution is 0.0133. The van der Waals surface area contributed by atoms with E-state index in [-0.39, 0.29) is 36.6 Å². The van der Waals surface area contributed by atoms with Gasteiger partial charge in [-0.3, -0.25) is 0 Å². The Balaban J connectivity index is 1.70. The van der Waals surface area contributed by atoms with Gasteiger partial charge in [-0.25, -0.2) is 13.9 Å². The number of nitrogens with one attached hydrogen (secondary N) is 1. The zero-order chi connectivity index (χ0) is 17.8. The molecule has 2 heterocycles. The molecular formula is C16H17F2N3O4. The van der Waals surface area contributed by atoms with Gasteiger partial charge in [0.2, 0.25) is 5.82 Å². The molecule has 1 saturated heterocycles. The average molecular weight is 353 g/mol. The molecule has 0 aliphatic carbocycles. The van der Waals surface area contributed by atoms with Gasteiger partial charge in [-0.1, -0.05) is 0 Å². The molecule has 0 bridgehead atoms. The third-order valence-corrected chi connectivity index (χ3v) is 4.01. The quantitative estimate of drug-likeness (QED) is 0.861. The van der Waals surface area contributed by atoms with Crippen LogP contribution in [-0.2, 0) is 4.74 Å². The summed E-state index contributed by atoms with van der Waals surface area (Å²) in [4.78, 5) is 10.8. The van der Waals surface area contributed by atoms with Crippen molar-refractivity contribution in [2.45, 2.75) is 12.5 Å². The molecule has 0 unspecified atom stereocenters. The Morgan fingerprint density at radius 2 is 2.28 bits per heavy atom. The first-order valence-electron chi connectivity index (χ1n) is 7.74. The van der Waals surface area contributed by atoms with Crippen molar-refractivity contribution < 1.29 is 28.2 Å². The molecule has 2 N–H and O–H groups in total. The van der Waals surface area contributed by atoms with Crippen molar-refractivity contribution in [2.75, 3.05) is 19.8 Å². The van der Waals surface area contributed by atoms with E-state index in [9.17, 15) is 13.6 Å². The topological polar surface area (TPSA) is 85.6 Å². The molecule has 25 heavy (non-hydrogen) atoms. The highest BCUT2D eigenvalue weighted by Gasteiger charge is 2.28. The van der Waals surface area contributed by atoms with Crippen LogP contribution in [0.3, 0.4) is 0 Å². The number of rotatable bonds is 5. The number of ether oxygens (including phenoxy) is 2. The summed E-state index contributed by atoms with van der Waals surface area (Å²) >= 11 is 0. The minimum Gasteiger partial charge on any atom is -0.490 e. The minimum absolute atomic E-state index is 0.00240. The van der Waals surface area contributed by atoms with Crippen LogP contribution in [0.4, 0.5) is 13.6 Å². The van der Waals surface area contributed by atoms with Gasteiger partial charge in [-0.2, -0.15) is 9.49 Å². The number of carboxylic acid groups (broad SMARTS) is 1. The first-order valence-corrected chi connectivity index (χ1v) is 7.74. The molecule has 2 aromatic rings. The summed E-state index contributed by atoms with van der Waals surface area (Å²) in [6.45, 7) is 0.714. The largest absolute Gasteiger partial charge is 0.490 e. The Morgan fingerprint density at radius 3 is 3.00 bits per heavy atom. The van der Waals surface area contributed by atoms with Crippen LogP contribution >= 0.6 is 0 Å². The third kappa shape index (κ3) is 3.87. The Hall–Kier alpha value is -2.68. The maximum Gasteiger partial charge on any atom is 0.404 e. The number of nitrogens with zero attached hydrogens (tertiary/aromatic N) is 2. The zero-order valence-electron chi connectivity index (χ0n) is 13.2. The number of hydrogen-bond donors (Lipinski definition) is 2. The van der Waals surface area contributed by atoms with E-state index in [1.807, 2.05) is 0 Å². The minimum atomic E-state index is -1.14. The summed E-state index contributed by atoms with van der Waals surface area (Å²) in [5.74, 6) is -2.72. The van der Waals surface area contributed by atoms with Gasteiger partial charge >= 0.3 is 6.09 Å². The summed E-state index contributed by atoms with van der Waals surface area (Å²) in [5.41, 5.74) is -0.0266. The van der Waals surface area contributed by atoms with E-state index >= 15 is 0 Å². The maximum atomic E-state index is 14.2. The number of benzene rings is 1. The Bertz CT molecular complexity index is 739. The molecule has 1 aliphatic heterocycles. The third-order valence-electron chi connectivity index (χ3n) is 4.01. The highest BCUT2D eigenvalue weighted by atomic mass is 19.2. The standard InChI is InChI=1S/C16H17F2N3O4/c17-14-12(21-6-1-5-19-21)2-3-13(15(14)18)25-9-10-8-24-7-4-11(10)20-16(22)23/h1-3,5-6,10-11,20H,4,7-9H2,(H,22,23)/t10-,11+/m1/s1. The Kier molecular flexibility index (Phi) is 5.13. The smallest absolute Gasteiger partial charge is 0.404 e. The van der Waals surface area contributed by atoms with Crippen LogP contribution in [0.1, 0.15) is 6.42 Å². The lowest BCUT2D eigenvalue weighted by Gasteiger charge is -2.31. The lowest BCUT2D eigenvalue weighted by Crippen LogP contribution is -2.47. The second-order valence-electron chi connectivity index (χ2n) is 5.65. The fourth-order valence-electron chi connectivity index (χ4n) is 2.73. The van der Waals surface area contributed by atoms with Gasteiger partial charge in [0.1, 0.15) is 5.69 Å². The molecule has 1 amide bonds. The number of amides is 1. The summed E-state index contributed by atoms with van der Waals surface area (Å²) in [6, 6.07) is 3.92. The zero-order valence-corrected chi connectivity index (χ0v) is 13.2. The van der Waals surface area contributed by atoms with E-state index in [4.69, 9.17) is 14.6 Å². The number of aromatic nitrogens is 2. The number of hydrogen-bond acceptors (Lipinski definition) is 4. The van der Waals surface area contributed by atoms with Gasteiger partial charge < -0.3 is 19.9 Å². The summed E-state index contributed by atoms with van der Waals surface area (Å²) in [7, 11) is 0. The molecule has 0 saturated carbocycles. The maximum absolute atomic E-state index is 14.2. The van der Waals surface area contributed by atoms with E-state index in [1.54, 1.807) is 6.07 Å². The average Bonchev–Trinajstić information content (AvgIpc) is 3.11. The monoisotopic (exact) mass is 353 g/mol. The van der Waals surface area contributed by atoms with Crippen molar-refractivity contribution in [2.24, 2.45) is 5.92 Å². The first kappa shape index (κ1) is 17.2. The number of halogens is 2. The second kappa shape index (κ2) is 7.47. The molecule has 7 nitrogen and oxygen atoms in total. The van der Waals surface area contributed by atoms with E-state index in [1.165, 1.54) is 29.2 Å². The molecule has 134 valence electrons. The molecule has 2 atom stereocenters. The second-order valence-corrected chi connectivity index (χ2v) is 5.65. The predicted molar refractivity (Wildman–Crippen MR) is 82.8 cm³/mol. The summed E-state index contributed by atoms with van der Waals surface area (Å²) < 4.78 is 40.4. The highest BCUT2D eigenvalue weighted by molar-refractivity contribution is 5.64. The molecule has 3 rings (SSSR count). The van der Waals surface area contributed by atoms with Gasteiger partial charge in [0.25, 0.3) is 0 Å². The molecule has 1 aliphatic rings. The van der Waals surface area contributed by atoms with Crippen molar-refractivity contribution in [3.63, 3.8) is 0 Å². The fourth-order valence-corrected chi connectivity index (χ4v) is 2.73. The Labute approximate surface area is 142 Å². The lowest BCUT2D eigenvalue weighted by atomic mass is 9.97. The van der Waals surface area contributed by atoms with Crippen LogP contribution in [-0.4, -0.2) is 46.8 Å².